The van der Waals surface area contributed by atoms with Gasteiger partial charge < -0.3 is 10.1 Å². The maximum absolute atomic E-state index is 13.9. The van der Waals surface area contributed by atoms with Gasteiger partial charge in [-0.15, -0.1) is 0 Å². The molecule has 0 saturated heterocycles. The monoisotopic (exact) mass is 404 g/mol. The molecule has 0 spiro atoms. The van der Waals surface area contributed by atoms with Crippen molar-refractivity contribution in [3.8, 4) is 11.6 Å². The highest BCUT2D eigenvalue weighted by molar-refractivity contribution is 6.05. The molecule has 0 atom stereocenters. The molecule has 8 heteroatoms. The minimum absolute atomic E-state index is 0.0773. The number of halogens is 4. The number of aryl methyl sites for hydroxylation is 2. The van der Waals surface area contributed by atoms with E-state index in [2.05, 4.69) is 10.3 Å². The van der Waals surface area contributed by atoms with Crippen molar-refractivity contribution in [1.82, 2.24) is 4.98 Å². The van der Waals surface area contributed by atoms with Crippen molar-refractivity contribution >= 4 is 11.6 Å². The molecule has 150 valence electrons. The summed E-state index contributed by atoms with van der Waals surface area (Å²) in [6.45, 7) is 3.11. The summed E-state index contributed by atoms with van der Waals surface area (Å²) in [5.41, 5.74) is 0.105. The first-order valence-electron chi connectivity index (χ1n) is 8.53. The standard InChI is InChI=1S/C21H16F4N2O2/c1-12-10-16(21(23,24)25)20(26-11-12)29-15-8-6-14(7-9-15)27-19(28)18-13(2)4-3-5-17(18)22/h3-11H,1-2H3,(H,27,28). The zero-order valence-electron chi connectivity index (χ0n) is 15.5. The normalized spacial score (nSPS) is 11.2. The molecule has 29 heavy (non-hydrogen) atoms. The number of benzene rings is 2. The topological polar surface area (TPSA) is 51.2 Å². The van der Waals surface area contributed by atoms with Crippen LogP contribution in [0.1, 0.15) is 27.0 Å². The number of nitrogens with zero attached hydrogens (tertiary/aromatic N) is 1. The lowest BCUT2D eigenvalue weighted by Crippen LogP contribution is -2.15. The number of rotatable bonds is 4. The van der Waals surface area contributed by atoms with Crippen LogP contribution in [0.25, 0.3) is 0 Å². The van der Waals surface area contributed by atoms with Gasteiger partial charge >= 0.3 is 6.18 Å². The fraction of sp³-hybridized carbons (Fsp3) is 0.143. The predicted molar refractivity (Wildman–Crippen MR) is 99.6 cm³/mol. The molecule has 1 amide bonds. The van der Waals surface area contributed by atoms with E-state index < -0.39 is 29.3 Å². The van der Waals surface area contributed by atoms with Crippen LogP contribution in [-0.2, 0) is 6.18 Å². The van der Waals surface area contributed by atoms with Crippen molar-refractivity contribution in [3.05, 3.63) is 82.8 Å². The van der Waals surface area contributed by atoms with Crippen LogP contribution in [0.5, 0.6) is 11.6 Å². The lowest BCUT2D eigenvalue weighted by atomic mass is 10.1. The van der Waals surface area contributed by atoms with Crippen LogP contribution in [0.15, 0.2) is 54.7 Å². The number of amides is 1. The summed E-state index contributed by atoms with van der Waals surface area (Å²) >= 11 is 0. The molecule has 0 bridgehead atoms. The van der Waals surface area contributed by atoms with E-state index in [0.717, 1.165) is 6.07 Å². The average molecular weight is 404 g/mol. The largest absolute Gasteiger partial charge is 0.438 e. The van der Waals surface area contributed by atoms with Crippen molar-refractivity contribution in [2.75, 3.05) is 5.32 Å². The number of alkyl halides is 3. The molecule has 0 unspecified atom stereocenters. The van der Waals surface area contributed by atoms with Crippen LogP contribution >= 0.6 is 0 Å². The fourth-order valence-electron chi connectivity index (χ4n) is 2.67. The van der Waals surface area contributed by atoms with Crippen LogP contribution in [-0.4, -0.2) is 10.9 Å². The SMILES string of the molecule is Cc1cnc(Oc2ccc(NC(=O)c3c(C)cccc3F)cc2)c(C(F)(F)F)c1. The molecule has 1 aromatic heterocycles. The molecule has 1 N–H and O–H groups in total. The Kier molecular flexibility index (Phi) is 5.54. The first-order chi connectivity index (χ1) is 13.6. The number of carbonyl (C=O) groups excluding carboxylic acids is 1. The van der Waals surface area contributed by atoms with Gasteiger partial charge in [-0.25, -0.2) is 9.37 Å². The second kappa shape index (κ2) is 7.90. The predicted octanol–water partition coefficient (Wildman–Crippen LogP) is 5.90. The molecule has 3 rings (SSSR count). The zero-order valence-corrected chi connectivity index (χ0v) is 15.5. The van der Waals surface area contributed by atoms with Crippen molar-refractivity contribution < 1.29 is 27.1 Å². The lowest BCUT2D eigenvalue weighted by molar-refractivity contribution is -0.138. The third-order valence-electron chi connectivity index (χ3n) is 4.07. The number of anilines is 1. The second-order valence-corrected chi connectivity index (χ2v) is 6.38. The van der Waals surface area contributed by atoms with Crippen LogP contribution in [0, 0.1) is 19.7 Å². The second-order valence-electron chi connectivity index (χ2n) is 6.38. The van der Waals surface area contributed by atoms with E-state index in [-0.39, 0.29) is 11.3 Å². The molecule has 0 radical (unpaired) electrons. The van der Waals surface area contributed by atoms with Crippen molar-refractivity contribution in [1.29, 1.82) is 0 Å². The zero-order chi connectivity index (χ0) is 21.2. The molecule has 1 heterocycles. The fourth-order valence-corrected chi connectivity index (χ4v) is 2.67. The highest BCUT2D eigenvalue weighted by Crippen LogP contribution is 2.37. The summed E-state index contributed by atoms with van der Waals surface area (Å²) in [5.74, 6) is -1.74. The van der Waals surface area contributed by atoms with Crippen molar-refractivity contribution in [2.45, 2.75) is 20.0 Å². The molecule has 0 fully saturated rings. The van der Waals surface area contributed by atoms with Gasteiger partial charge in [-0.3, -0.25) is 4.79 Å². The third kappa shape index (κ3) is 4.71. The van der Waals surface area contributed by atoms with Crippen LogP contribution in [0.4, 0.5) is 23.2 Å². The Morgan fingerprint density at radius 3 is 2.38 bits per heavy atom. The third-order valence-corrected chi connectivity index (χ3v) is 4.07. The Morgan fingerprint density at radius 1 is 1.07 bits per heavy atom. The van der Waals surface area contributed by atoms with Crippen molar-refractivity contribution in [2.24, 2.45) is 0 Å². The first kappa shape index (κ1) is 20.3. The Balaban J connectivity index is 1.77. The summed E-state index contributed by atoms with van der Waals surface area (Å²) in [6.07, 6.45) is -3.34. The molecule has 3 aromatic rings. The number of aromatic nitrogens is 1. The van der Waals surface area contributed by atoms with Crippen molar-refractivity contribution in [3.63, 3.8) is 0 Å². The van der Waals surface area contributed by atoms with Crippen LogP contribution < -0.4 is 10.1 Å². The molecule has 0 aliphatic carbocycles. The van der Waals surface area contributed by atoms with Gasteiger partial charge in [0.25, 0.3) is 5.91 Å². The van der Waals surface area contributed by atoms with E-state index in [9.17, 15) is 22.4 Å². The smallest absolute Gasteiger partial charge is 0.421 e. The van der Waals surface area contributed by atoms with Gasteiger partial charge in [0.2, 0.25) is 5.88 Å². The van der Waals surface area contributed by atoms with E-state index >= 15 is 0 Å². The van der Waals surface area contributed by atoms with E-state index in [0.29, 0.717) is 16.8 Å². The van der Waals surface area contributed by atoms with E-state index in [1.165, 1.54) is 49.5 Å². The molecule has 0 aliphatic heterocycles. The van der Waals surface area contributed by atoms with Crippen LogP contribution in [0.3, 0.4) is 0 Å². The Labute approximate surface area is 164 Å². The van der Waals surface area contributed by atoms with E-state index in [4.69, 9.17) is 4.74 Å². The Bertz CT molecular complexity index is 1030. The molecule has 0 saturated carbocycles. The quantitative estimate of drug-likeness (QED) is 0.551. The molecule has 0 aliphatic rings. The van der Waals surface area contributed by atoms with Gasteiger partial charge in [-0.2, -0.15) is 13.2 Å². The summed E-state index contributed by atoms with van der Waals surface area (Å²) in [4.78, 5) is 16.0. The minimum atomic E-state index is -4.61. The molecule has 4 nitrogen and oxygen atoms in total. The summed E-state index contributed by atoms with van der Waals surface area (Å²) in [6, 6.07) is 10.9. The maximum atomic E-state index is 13.9. The maximum Gasteiger partial charge on any atom is 0.421 e. The first-order valence-corrected chi connectivity index (χ1v) is 8.53. The van der Waals surface area contributed by atoms with E-state index in [1.807, 2.05) is 0 Å². The van der Waals surface area contributed by atoms with Gasteiger partial charge in [0.15, 0.2) is 0 Å². The number of hydrogen-bond acceptors (Lipinski definition) is 3. The van der Waals surface area contributed by atoms with Crippen LogP contribution in [0.2, 0.25) is 0 Å². The Morgan fingerprint density at radius 2 is 1.76 bits per heavy atom. The van der Waals surface area contributed by atoms with Gasteiger partial charge in [0.1, 0.15) is 17.1 Å². The highest BCUT2D eigenvalue weighted by atomic mass is 19.4. The number of nitrogens with one attached hydrogen (secondary N) is 1. The average Bonchev–Trinajstić information content (AvgIpc) is 2.64. The molecular formula is C21H16F4N2O2. The summed E-state index contributed by atoms with van der Waals surface area (Å²) in [7, 11) is 0. The molecular weight excluding hydrogens is 388 g/mol. The van der Waals surface area contributed by atoms with Gasteiger partial charge in [0, 0.05) is 11.9 Å². The lowest BCUT2D eigenvalue weighted by Gasteiger charge is -2.13. The minimum Gasteiger partial charge on any atom is -0.438 e. The Hall–Kier alpha value is -3.42. The number of pyridine rings is 1. The van der Waals surface area contributed by atoms with E-state index in [1.54, 1.807) is 13.0 Å². The number of ether oxygens (including phenoxy) is 1. The summed E-state index contributed by atoms with van der Waals surface area (Å²) in [5, 5.41) is 2.54. The van der Waals surface area contributed by atoms with Gasteiger partial charge in [-0.05, 0) is 61.4 Å². The summed E-state index contributed by atoms with van der Waals surface area (Å²) < 4.78 is 58.7. The number of hydrogen-bond donors (Lipinski definition) is 1. The molecule has 2 aromatic carbocycles. The highest BCUT2D eigenvalue weighted by Gasteiger charge is 2.35. The van der Waals surface area contributed by atoms with Gasteiger partial charge in [0.05, 0.1) is 5.56 Å². The number of carbonyl (C=O) groups is 1. The van der Waals surface area contributed by atoms with Gasteiger partial charge in [-0.1, -0.05) is 12.1 Å².